The summed E-state index contributed by atoms with van der Waals surface area (Å²) >= 11 is 95.3. The Kier molecular flexibility index (Phi) is 398. The third-order valence-electron chi connectivity index (χ3n) is 0. The molecular formula is C10H22Cl20O. The SMILES string of the molecule is ClCCl.ClCCl.ClCCl.ClCCl.ClCCl.ClCCl.ClCCl.ClCCl.ClCCl.ClCCl.O. The molecule has 0 bridgehead atoms. The summed E-state index contributed by atoms with van der Waals surface area (Å²) in [7, 11) is 0. The van der Waals surface area contributed by atoms with Crippen molar-refractivity contribution >= 4 is 232 Å². The van der Waals surface area contributed by atoms with E-state index in [0.29, 0.717) is 0 Å². The van der Waals surface area contributed by atoms with Crippen LogP contribution < -0.4 is 0 Å². The van der Waals surface area contributed by atoms with Gasteiger partial charge in [-0.05, 0) is 0 Å². The molecule has 31 heavy (non-hydrogen) atoms. The molecule has 0 fully saturated rings. The Morgan fingerprint density at radius 3 is 0.161 bits per heavy atom. The van der Waals surface area contributed by atoms with E-state index in [1.54, 1.807) is 0 Å². The third-order valence-corrected chi connectivity index (χ3v) is 0. The van der Waals surface area contributed by atoms with E-state index in [-0.39, 0.29) is 58.9 Å². The third kappa shape index (κ3) is 1230. The van der Waals surface area contributed by atoms with Crippen LogP contribution in [-0.4, -0.2) is 58.9 Å². The maximum Gasteiger partial charge on any atom is 0.0967 e. The number of rotatable bonds is 0. The van der Waals surface area contributed by atoms with Crippen molar-refractivity contribution in [2.24, 2.45) is 0 Å². The molecule has 21 heteroatoms. The van der Waals surface area contributed by atoms with Gasteiger partial charge >= 0.3 is 0 Å². The fraction of sp³-hybridized carbons (Fsp3) is 1.00. The van der Waals surface area contributed by atoms with Gasteiger partial charge in [-0.2, -0.15) is 0 Å². The zero-order valence-electron chi connectivity index (χ0n) is 15.1. The zero-order valence-corrected chi connectivity index (χ0v) is 30.2. The fourth-order valence-corrected chi connectivity index (χ4v) is 0. The summed E-state index contributed by atoms with van der Waals surface area (Å²) in [6, 6.07) is 0. The maximum absolute atomic E-state index is 4.76. The van der Waals surface area contributed by atoms with Crippen LogP contribution in [0.1, 0.15) is 0 Å². The number of alkyl halides is 20. The van der Waals surface area contributed by atoms with Gasteiger partial charge in [0, 0.05) is 0 Å². The lowest BCUT2D eigenvalue weighted by molar-refractivity contribution is 0.824. The molecular weight excluding hydrogens is 845 g/mol. The predicted octanol–water partition coefficient (Wildman–Crippen LogP) is 13.4. The highest BCUT2D eigenvalue weighted by molar-refractivity contribution is 6.43. The van der Waals surface area contributed by atoms with E-state index in [1.165, 1.54) is 0 Å². The average Bonchev–Trinajstić information content (AvgIpc) is 2.61. The van der Waals surface area contributed by atoms with E-state index in [0.717, 1.165) is 0 Å². The van der Waals surface area contributed by atoms with Crippen LogP contribution in [0.2, 0.25) is 0 Å². The summed E-state index contributed by atoms with van der Waals surface area (Å²) in [5.41, 5.74) is 0. The first kappa shape index (κ1) is 70.8. The summed E-state index contributed by atoms with van der Waals surface area (Å²) in [6.07, 6.45) is 0. The Balaban J connectivity index is -0.0000000159. The monoisotopic (exact) mass is 858 g/mol. The molecule has 1 nitrogen and oxygen atoms in total. The predicted molar refractivity (Wildman–Crippen MR) is 169 cm³/mol. The van der Waals surface area contributed by atoms with Gasteiger partial charge in [0.1, 0.15) is 0 Å². The molecule has 0 aromatic rings. The summed E-state index contributed by atoms with van der Waals surface area (Å²) < 4.78 is 0. The summed E-state index contributed by atoms with van der Waals surface area (Å²) in [4.78, 5) is 0. The number of hydrogen-bond acceptors (Lipinski definition) is 0. The van der Waals surface area contributed by atoms with Crippen LogP contribution in [0.25, 0.3) is 0 Å². The van der Waals surface area contributed by atoms with Gasteiger partial charge in [-0.1, -0.05) is 0 Å². The highest BCUT2D eigenvalue weighted by atomic mass is 35.6. The second-order valence-electron chi connectivity index (χ2n) is 1.01. The molecule has 2 N–H and O–H groups in total. The molecule has 0 saturated heterocycles. The van der Waals surface area contributed by atoms with Crippen molar-refractivity contribution in [3.8, 4) is 0 Å². The van der Waals surface area contributed by atoms with Crippen molar-refractivity contribution in [3.05, 3.63) is 0 Å². The van der Waals surface area contributed by atoms with Crippen LogP contribution >= 0.6 is 232 Å². The Labute approximate surface area is 287 Å². The van der Waals surface area contributed by atoms with Gasteiger partial charge in [-0.25, -0.2) is 0 Å². The van der Waals surface area contributed by atoms with Crippen LogP contribution in [0.4, 0.5) is 0 Å². The molecule has 0 aromatic heterocycles. The molecule has 0 rings (SSSR count). The Hall–Kier alpha value is 5.76. The lowest BCUT2D eigenvalue weighted by atomic mass is 11.9. The number of hydrogen-bond donors (Lipinski definition) is 0. The molecule has 0 aliphatic rings. The molecule has 0 spiro atoms. The lowest BCUT2D eigenvalue weighted by Crippen LogP contribution is -1.24. The van der Waals surface area contributed by atoms with Crippen LogP contribution in [0.5, 0.6) is 0 Å². The standard InChI is InChI=1S/10CH2Cl2.H2O/c10*2-1-3;/h10*1H2;1H2. The maximum atomic E-state index is 4.76. The van der Waals surface area contributed by atoms with Crippen molar-refractivity contribution in [1.29, 1.82) is 0 Å². The molecule has 208 valence electrons. The minimum atomic E-state index is 0. The molecule has 0 saturated carbocycles. The Morgan fingerprint density at radius 2 is 0.161 bits per heavy atom. The van der Waals surface area contributed by atoms with Crippen molar-refractivity contribution in [2.45, 2.75) is 0 Å². The molecule has 0 aliphatic heterocycles. The quantitative estimate of drug-likeness (QED) is 0.217. The smallest absolute Gasteiger partial charge is 0.0967 e. The van der Waals surface area contributed by atoms with Crippen LogP contribution in [-0.2, 0) is 0 Å². The van der Waals surface area contributed by atoms with E-state index < -0.39 is 0 Å². The van der Waals surface area contributed by atoms with Gasteiger partial charge in [-0.3, -0.25) is 0 Å². The molecule has 0 heterocycles. The Bertz CT molecular complexity index is 67.1. The first-order valence-electron chi connectivity index (χ1n) is 5.35. The molecule has 0 atom stereocenters. The van der Waals surface area contributed by atoms with E-state index in [9.17, 15) is 0 Å². The Morgan fingerprint density at radius 1 is 0.161 bits per heavy atom. The van der Waals surface area contributed by atoms with Crippen LogP contribution in [0, 0.1) is 0 Å². The van der Waals surface area contributed by atoms with E-state index >= 15 is 0 Å². The molecule has 0 aliphatic carbocycles. The first-order chi connectivity index (χ1) is 14.1. The highest BCUT2D eigenvalue weighted by Crippen LogP contribution is 1.75. The van der Waals surface area contributed by atoms with Crippen LogP contribution in [0.15, 0.2) is 0 Å². The van der Waals surface area contributed by atoms with Crippen LogP contribution in [0.3, 0.4) is 0 Å². The second-order valence-corrected chi connectivity index (χ2v) is 9.09. The van der Waals surface area contributed by atoms with E-state index in [4.69, 9.17) is 232 Å². The zero-order chi connectivity index (χ0) is 27.1. The number of halogens is 20. The van der Waals surface area contributed by atoms with Gasteiger partial charge in [0.2, 0.25) is 0 Å². The molecule has 0 radical (unpaired) electrons. The van der Waals surface area contributed by atoms with Gasteiger partial charge in [0.15, 0.2) is 0 Å². The fourth-order valence-electron chi connectivity index (χ4n) is 0. The van der Waals surface area contributed by atoms with Crippen molar-refractivity contribution in [2.75, 3.05) is 53.4 Å². The average molecular weight is 867 g/mol. The van der Waals surface area contributed by atoms with Crippen molar-refractivity contribution < 1.29 is 5.48 Å². The molecule has 0 aromatic carbocycles. The van der Waals surface area contributed by atoms with E-state index in [2.05, 4.69) is 0 Å². The molecule has 0 unspecified atom stereocenters. The van der Waals surface area contributed by atoms with Gasteiger partial charge in [0.25, 0.3) is 0 Å². The van der Waals surface area contributed by atoms with Crippen molar-refractivity contribution in [3.63, 3.8) is 0 Å². The van der Waals surface area contributed by atoms with Crippen molar-refractivity contribution in [1.82, 2.24) is 0 Å². The normalized spacial score (nSPS) is 5.81. The second kappa shape index (κ2) is 174. The van der Waals surface area contributed by atoms with Gasteiger partial charge < -0.3 is 5.48 Å². The van der Waals surface area contributed by atoms with Gasteiger partial charge in [-0.15, -0.1) is 232 Å². The first-order valence-corrected chi connectivity index (χ1v) is 16.0. The minimum Gasteiger partial charge on any atom is -0.412 e. The highest BCUT2D eigenvalue weighted by Gasteiger charge is 1.44. The summed E-state index contributed by atoms with van der Waals surface area (Å²) in [5.74, 6) is 0. The largest absolute Gasteiger partial charge is 0.412 e. The van der Waals surface area contributed by atoms with Gasteiger partial charge in [0.05, 0.1) is 53.4 Å². The molecule has 0 amide bonds. The van der Waals surface area contributed by atoms with E-state index in [1.807, 2.05) is 0 Å². The topological polar surface area (TPSA) is 31.5 Å². The minimum absolute atomic E-state index is 0. The lowest BCUT2D eigenvalue weighted by Gasteiger charge is -1.42. The summed E-state index contributed by atoms with van der Waals surface area (Å²) in [6.45, 7) is 0. The summed E-state index contributed by atoms with van der Waals surface area (Å²) in [5, 5.41) is 1.94.